The Balaban J connectivity index is 1.93. The van der Waals surface area contributed by atoms with Crippen molar-refractivity contribution in [2.45, 2.75) is 18.3 Å². The van der Waals surface area contributed by atoms with Crippen molar-refractivity contribution in [2.24, 2.45) is 0 Å². The summed E-state index contributed by atoms with van der Waals surface area (Å²) in [7, 11) is 0. The normalized spacial score (nSPS) is 23.5. The molecule has 0 radical (unpaired) electrons. The van der Waals surface area contributed by atoms with Gasteiger partial charge in [-0.1, -0.05) is 35.3 Å². The Morgan fingerprint density at radius 3 is 2.89 bits per heavy atom. The summed E-state index contributed by atoms with van der Waals surface area (Å²) in [4.78, 5) is 4.46. The molecule has 1 N–H and O–H groups in total. The summed E-state index contributed by atoms with van der Waals surface area (Å²) in [6.07, 6.45) is 2.83. The molecule has 2 atom stereocenters. The third-order valence-corrected chi connectivity index (χ3v) is 5.05. The molecule has 0 spiro atoms. The average molecular weight is 313 g/mol. The van der Waals surface area contributed by atoms with E-state index in [1.165, 1.54) is 5.56 Å². The fourth-order valence-corrected chi connectivity index (χ4v) is 4.01. The van der Waals surface area contributed by atoms with E-state index < -0.39 is 0 Å². The van der Waals surface area contributed by atoms with Gasteiger partial charge < -0.3 is 5.32 Å². The summed E-state index contributed by atoms with van der Waals surface area (Å²) in [6, 6.07) is 8.13. The van der Waals surface area contributed by atoms with Gasteiger partial charge in [0.15, 0.2) is 0 Å². The highest BCUT2D eigenvalue weighted by molar-refractivity contribution is 7.15. The Bertz CT molecular complexity index is 570. The first-order valence-corrected chi connectivity index (χ1v) is 7.88. The molecule has 1 aliphatic rings. The summed E-state index contributed by atoms with van der Waals surface area (Å²) in [5, 5.41) is 5.39. The zero-order valence-corrected chi connectivity index (χ0v) is 12.6. The molecule has 0 aliphatic carbocycles. The first kappa shape index (κ1) is 13.4. The van der Waals surface area contributed by atoms with Gasteiger partial charge in [-0.2, -0.15) is 0 Å². The van der Waals surface area contributed by atoms with E-state index in [4.69, 9.17) is 23.2 Å². The van der Waals surface area contributed by atoms with Crippen LogP contribution in [0.15, 0.2) is 30.5 Å². The molecule has 2 aromatic rings. The highest BCUT2D eigenvalue weighted by Gasteiger charge is 2.29. The topological polar surface area (TPSA) is 24.9 Å². The third-order valence-electron chi connectivity index (χ3n) is 3.57. The fraction of sp³-hybridized carbons (Fsp3) is 0.357. The predicted octanol–water partition coefficient (Wildman–Crippen LogP) is 4.31. The van der Waals surface area contributed by atoms with Gasteiger partial charge in [-0.25, -0.2) is 4.98 Å². The molecule has 2 nitrogen and oxygen atoms in total. The Hall–Kier alpha value is -0.610. The van der Waals surface area contributed by atoms with Crippen LogP contribution >= 0.6 is 34.5 Å². The van der Waals surface area contributed by atoms with Crippen LogP contribution in [0.1, 0.15) is 28.8 Å². The van der Waals surface area contributed by atoms with Crippen LogP contribution in [0.4, 0.5) is 0 Å². The van der Waals surface area contributed by atoms with Gasteiger partial charge in [0.05, 0.1) is 11.2 Å². The number of nitrogens with zero attached hydrogens (tertiary/aromatic N) is 1. The monoisotopic (exact) mass is 312 g/mol. The van der Waals surface area contributed by atoms with Crippen molar-refractivity contribution in [3.8, 4) is 0 Å². The van der Waals surface area contributed by atoms with Gasteiger partial charge in [-0.15, -0.1) is 11.3 Å². The summed E-state index contributed by atoms with van der Waals surface area (Å²) in [5.74, 6) is 0.840. The Labute approximate surface area is 126 Å². The molecule has 0 amide bonds. The first-order chi connectivity index (χ1) is 9.24. The second-order valence-corrected chi connectivity index (χ2v) is 6.89. The highest BCUT2D eigenvalue weighted by Crippen LogP contribution is 2.40. The second kappa shape index (κ2) is 5.80. The molecule has 1 saturated heterocycles. The smallest absolute Gasteiger partial charge is 0.113 e. The Morgan fingerprint density at radius 1 is 1.26 bits per heavy atom. The van der Waals surface area contributed by atoms with Crippen molar-refractivity contribution >= 4 is 34.5 Å². The molecule has 0 saturated carbocycles. The number of halogens is 2. The van der Waals surface area contributed by atoms with Crippen LogP contribution in [0.25, 0.3) is 0 Å². The minimum atomic E-state index is 0.412. The van der Waals surface area contributed by atoms with E-state index in [0.29, 0.717) is 11.8 Å². The number of aromatic nitrogens is 1. The summed E-state index contributed by atoms with van der Waals surface area (Å²) < 4.78 is 0.762. The summed E-state index contributed by atoms with van der Waals surface area (Å²) in [6.45, 7) is 1.99. The number of benzene rings is 1. The van der Waals surface area contributed by atoms with E-state index in [9.17, 15) is 0 Å². The van der Waals surface area contributed by atoms with Gasteiger partial charge in [0.1, 0.15) is 4.34 Å². The van der Waals surface area contributed by atoms with Crippen molar-refractivity contribution in [1.29, 1.82) is 0 Å². The molecule has 2 heterocycles. The van der Waals surface area contributed by atoms with Gasteiger partial charge in [0, 0.05) is 23.4 Å². The van der Waals surface area contributed by atoms with Crippen molar-refractivity contribution in [1.82, 2.24) is 10.3 Å². The predicted molar refractivity (Wildman–Crippen MR) is 81.5 cm³/mol. The SMILES string of the molecule is Clc1cccc(C2CNCCC2c2ncc(Cl)s2)c1. The lowest BCUT2D eigenvalue weighted by molar-refractivity contribution is 0.403. The van der Waals surface area contributed by atoms with Crippen molar-refractivity contribution in [2.75, 3.05) is 13.1 Å². The molecule has 2 unspecified atom stereocenters. The van der Waals surface area contributed by atoms with Gasteiger partial charge in [0.25, 0.3) is 0 Å². The lowest BCUT2D eigenvalue weighted by atomic mass is 9.82. The maximum Gasteiger partial charge on any atom is 0.113 e. The lowest BCUT2D eigenvalue weighted by Crippen LogP contribution is -2.33. The number of piperidine rings is 1. The molecular formula is C14H14Cl2N2S. The maximum atomic E-state index is 6.11. The molecule has 5 heteroatoms. The van der Waals surface area contributed by atoms with Gasteiger partial charge in [-0.3, -0.25) is 0 Å². The molecular weight excluding hydrogens is 299 g/mol. The molecule has 1 aromatic heterocycles. The van der Waals surface area contributed by atoms with Gasteiger partial charge in [-0.05, 0) is 30.7 Å². The third kappa shape index (κ3) is 2.95. The number of hydrogen-bond donors (Lipinski definition) is 1. The van der Waals surface area contributed by atoms with Gasteiger partial charge >= 0.3 is 0 Å². The van der Waals surface area contributed by atoms with Gasteiger partial charge in [0.2, 0.25) is 0 Å². The number of hydrogen-bond acceptors (Lipinski definition) is 3. The standard InChI is InChI=1S/C14H14Cl2N2S/c15-10-3-1-2-9(6-10)12-7-17-5-4-11(12)14-18-8-13(16)19-14/h1-3,6,8,11-12,17H,4-5,7H2. The van der Waals surface area contributed by atoms with E-state index >= 15 is 0 Å². The van der Waals surface area contributed by atoms with E-state index in [2.05, 4.69) is 22.4 Å². The second-order valence-electron chi connectivity index (χ2n) is 4.76. The lowest BCUT2D eigenvalue weighted by Gasteiger charge is -2.31. The molecule has 1 aromatic carbocycles. The molecule has 1 aliphatic heterocycles. The summed E-state index contributed by atoms with van der Waals surface area (Å²) in [5.41, 5.74) is 1.27. The highest BCUT2D eigenvalue weighted by atomic mass is 35.5. The van der Waals surface area contributed by atoms with Crippen LogP contribution in [0.2, 0.25) is 9.36 Å². The van der Waals surface area contributed by atoms with E-state index in [1.807, 2.05) is 12.1 Å². The van der Waals surface area contributed by atoms with Crippen LogP contribution in [0.3, 0.4) is 0 Å². The largest absolute Gasteiger partial charge is 0.316 e. The van der Waals surface area contributed by atoms with Crippen LogP contribution in [-0.2, 0) is 0 Å². The Kier molecular flexibility index (Phi) is 4.08. The van der Waals surface area contributed by atoms with Crippen molar-refractivity contribution in [3.63, 3.8) is 0 Å². The minimum Gasteiger partial charge on any atom is -0.316 e. The Morgan fingerprint density at radius 2 is 2.16 bits per heavy atom. The molecule has 0 bridgehead atoms. The van der Waals surface area contributed by atoms with Crippen molar-refractivity contribution in [3.05, 3.63) is 50.4 Å². The molecule has 1 fully saturated rings. The molecule has 19 heavy (non-hydrogen) atoms. The first-order valence-electron chi connectivity index (χ1n) is 6.31. The van der Waals surface area contributed by atoms with E-state index in [-0.39, 0.29) is 0 Å². The number of thiazole rings is 1. The number of nitrogens with one attached hydrogen (secondary N) is 1. The van der Waals surface area contributed by atoms with Crippen molar-refractivity contribution < 1.29 is 0 Å². The van der Waals surface area contributed by atoms with E-state index in [0.717, 1.165) is 33.9 Å². The minimum absolute atomic E-state index is 0.412. The molecule has 3 rings (SSSR count). The fourth-order valence-electron chi connectivity index (χ4n) is 2.68. The van der Waals surface area contributed by atoms with Crippen LogP contribution in [-0.4, -0.2) is 18.1 Å². The summed E-state index contributed by atoms with van der Waals surface area (Å²) >= 11 is 13.7. The zero-order chi connectivity index (χ0) is 13.2. The van der Waals surface area contributed by atoms with E-state index in [1.54, 1.807) is 17.5 Å². The van der Waals surface area contributed by atoms with Crippen LogP contribution in [0, 0.1) is 0 Å². The molecule has 100 valence electrons. The zero-order valence-electron chi connectivity index (χ0n) is 10.3. The number of rotatable bonds is 2. The quantitative estimate of drug-likeness (QED) is 0.893. The van der Waals surface area contributed by atoms with Crippen LogP contribution in [0.5, 0.6) is 0 Å². The average Bonchev–Trinajstić information content (AvgIpc) is 2.85. The maximum absolute atomic E-state index is 6.11. The van der Waals surface area contributed by atoms with Crippen LogP contribution < -0.4 is 5.32 Å².